The summed E-state index contributed by atoms with van der Waals surface area (Å²) < 4.78 is 0. The van der Waals surface area contributed by atoms with Crippen LogP contribution >= 0.6 is 0 Å². The van der Waals surface area contributed by atoms with E-state index in [-0.39, 0.29) is 5.91 Å². The summed E-state index contributed by atoms with van der Waals surface area (Å²) in [7, 11) is 1.83. The van der Waals surface area contributed by atoms with Crippen molar-refractivity contribution < 1.29 is 4.79 Å². The summed E-state index contributed by atoms with van der Waals surface area (Å²) in [6.07, 6.45) is 3.47. The molecule has 1 rings (SSSR count). The lowest BCUT2D eigenvalue weighted by molar-refractivity contribution is -0.133. The summed E-state index contributed by atoms with van der Waals surface area (Å²) in [6.45, 7) is 7.08. The first-order valence-electron chi connectivity index (χ1n) is 6.02. The van der Waals surface area contributed by atoms with E-state index >= 15 is 0 Å². The predicted octanol–water partition coefficient (Wildman–Crippen LogP) is 1.63. The summed E-state index contributed by atoms with van der Waals surface area (Å²) >= 11 is 0. The van der Waals surface area contributed by atoms with Crippen molar-refractivity contribution >= 4 is 5.91 Å². The van der Waals surface area contributed by atoms with Crippen molar-refractivity contribution in [1.29, 1.82) is 0 Å². The highest BCUT2D eigenvalue weighted by atomic mass is 16.2. The molecule has 0 aliphatic carbocycles. The Labute approximate surface area is 93.2 Å². The molecule has 0 radical (unpaired) electrons. The van der Waals surface area contributed by atoms with Crippen LogP contribution < -0.4 is 5.32 Å². The molecule has 3 heteroatoms. The number of carbonyl (C=O) groups is 1. The van der Waals surface area contributed by atoms with Gasteiger partial charge in [-0.2, -0.15) is 0 Å². The van der Waals surface area contributed by atoms with Crippen LogP contribution in [0, 0.1) is 5.92 Å². The van der Waals surface area contributed by atoms with Gasteiger partial charge in [-0.15, -0.1) is 0 Å². The third kappa shape index (κ3) is 3.20. The number of hydrogen-bond acceptors (Lipinski definition) is 2. The van der Waals surface area contributed by atoms with Crippen molar-refractivity contribution in [2.24, 2.45) is 5.92 Å². The van der Waals surface area contributed by atoms with Crippen molar-refractivity contribution in [2.75, 3.05) is 13.6 Å². The molecular weight excluding hydrogens is 188 g/mol. The number of likely N-dealkylation sites (tertiary alicyclic amines) is 1. The fourth-order valence-electron chi connectivity index (χ4n) is 2.54. The Balaban J connectivity index is 2.59. The first-order chi connectivity index (χ1) is 7.06. The molecule has 2 atom stereocenters. The molecule has 1 aliphatic heterocycles. The van der Waals surface area contributed by atoms with Crippen LogP contribution in [-0.4, -0.2) is 36.5 Å². The van der Waals surface area contributed by atoms with Gasteiger partial charge >= 0.3 is 0 Å². The van der Waals surface area contributed by atoms with Gasteiger partial charge in [-0.1, -0.05) is 13.8 Å². The molecule has 1 N–H and O–H groups in total. The largest absolute Gasteiger partial charge is 0.336 e. The van der Waals surface area contributed by atoms with Gasteiger partial charge < -0.3 is 10.2 Å². The fraction of sp³-hybridized carbons (Fsp3) is 0.917. The van der Waals surface area contributed by atoms with E-state index < -0.39 is 0 Å². The molecule has 0 bridgehead atoms. The van der Waals surface area contributed by atoms with E-state index in [0.29, 0.717) is 24.5 Å². The van der Waals surface area contributed by atoms with Crippen LogP contribution in [-0.2, 0) is 4.79 Å². The molecule has 3 nitrogen and oxygen atoms in total. The highest BCUT2D eigenvalue weighted by Gasteiger charge is 2.33. The summed E-state index contributed by atoms with van der Waals surface area (Å²) in [5.41, 5.74) is 0. The maximum atomic E-state index is 11.9. The first-order valence-corrected chi connectivity index (χ1v) is 6.02. The van der Waals surface area contributed by atoms with Crippen molar-refractivity contribution in [3.8, 4) is 0 Å². The Morgan fingerprint density at radius 3 is 2.67 bits per heavy atom. The fourth-order valence-corrected chi connectivity index (χ4v) is 2.54. The van der Waals surface area contributed by atoms with Gasteiger partial charge in [0.1, 0.15) is 0 Å². The zero-order chi connectivity index (χ0) is 11.4. The lowest BCUT2D eigenvalue weighted by Crippen LogP contribution is -2.44. The lowest BCUT2D eigenvalue weighted by atomic mass is 10.0. The first kappa shape index (κ1) is 12.5. The number of hydrogen-bond donors (Lipinski definition) is 1. The Bertz CT molecular complexity index is 216. The van der Waals surface area contributed by atoms with Crippen molar-refractivity contribution in [2.45, 2.75) is 52.1 Å². The molecule has 1 aliphatic rings. The van der Waals surface area contributed by atoms with E-state index in [1.165, 1.54) is 6.42 Å². The number of amides is 1. The number of likely N-dealkylation sites (N-methyl/N-ethyl adjacent to an activating group) is 1. The summed E-state index contributed by atoms with van der Waals surface area (Å²) in [5, 5.41) is 2.95. The maximum absolute atomic E-state index is 11.9. The molecular formula is C12H24N2O. The third-order valence-corrected chi connectivity index (χ3v) is 3.15. The maximum Gasteiger partial charge on any atom is 0.237 e. The van der Waals surface area contributed by atoms with Crippen LogP contribution in [0.4, 0.5) is 0 Å². The van der Waals surface area contributed by atoms with Crippen molar-refractivity contribution in [3.63, 3.8) is 0 Å². The minimum atomic E-state index is 0.258. The van der Waals surface area contributed by atoms with Gasteiger partial charge in [-0.05, 0) is 39.2 Å². The molecule has 0 aromatic heterocycles. The average Bonchev–Trinajstić information content (AvgIpc) is 2.46. The molecule has 1 fully saturated rings. The van der Waals surface area contributed by atoms with Crippen LogP contribution in [0.5, 0.6) is 0 Å². The monoisotopic (exact) mass is 212 g/mol. The van der Waals surface area contributed by atoms with Gasteiger partial charge in [0.05, 0.1) is 6.54 Å². The van der Waals surface area contributed by atoms with Gasteiger partial charge in [-0.25, -0.2) is 0 Å². The van der Waals surface area contributed by atoms with Crippen molar-refractivity contribution in [3.05, 3.63) is 0 Å². The summed E-state index contributed by atoms with van der Waals surface area (Å²) in [5.74, 6) is 0.929. The molecule has 0 spiro atoms. The Morgan fingerprint density at radius 1 is 1.47 bits per heavy atom. The van der Waals surface area contributed by atoms with Gasteiger partial charge in [-0.3, -0.25) is 4.79 Å². The molecule has 1 heterocycles. The number of nitrogens with zero attached hydrogens (tertiary/aromatic N) is 1. The zero-order valence-corrected chi connectivity index (χ0v) is 10.4. The smallest absolute Gasteiger partial charge is 0.237 e. The van der Waals surface area contributed by atoms with Gasteiger partial charge in [0.25, 0.3) is 0 Å². The number of carbonyl (C=O) groups excluding carboxylic acids is 1. The van der Waals surface area contributed by atoms with Crippen LogP contribution in [0.25, 0.3) is 0 Å². The lowest BCUT2D eigenvalue weighted by Gasteiger charge is -2.29. The Kier molecular flexibility index (Phi) is 4.58. The second-order valence-electron chi connectivity index (χ2n) is 5.04. The van der Waals surface area contributed by atoms with Crippen LogP contribution in [0.15, 0.2) is 0 Å². The second-order valence-corrected chi connectivity index (χ2v) is 5.04. The topological polar surface area (TPSA) is 32.3 Å². The molecule has 0 aromatic carbocycles. The van der Waals surface area contributed by atoms with Crippen molar-refractivity contribution in [1.82, 2.24) is 10.2 Å². The van der Waals surface area contributed by atoms with Crippen LogP contribution in [0.2, 0.25) is 0 Å². The van der Waals surface area contributed by atoms with E-state index in [2.05, 4.69) is 31.0 Å². The van der Waals surface area contributed by atoms with Gasteiger partial charge in [0.15, 0.2) is 0 Å². The molecule has 0 aromatic rings. The normalized spacial score (nSPS) is 26.3. The van der Waals surface area contributed by atoms with E-state index in [9.17, 15) is 4.79 Å². The predicted molar refractivity (Wildman–Crippen MR) is 62.7 cm³/mol. The highest BCUT2D eigenvalue weighted by Crippen LogP contribution is 2.28. The molecule has 1 saturated heterocycles. The standard InChI is InChI=1S/C12H24N2O/c1-9(2)7-11-6-5-10(3)14(11)12(15)8-13-4/h9-11,13H,5-8H2,1-4H3/t10?,11-/m0/s1. The Morgan fingerprint density at radius 2 is 2.13 bits per heavy atom. The SMILES string of the molecule is CNCC(=O)N1C(C)CC[C@H]1CC(C)C. The molecule has 0 saturated carbocycles. The molecule has 1 amide bonds. The average molecular weight is 212 g/mol. The van der Waals surface area contributed by atoms with Gasteiger partial charge in [0.2, 0.25) is 5.91 Å². The van der Waals surface area contributed by atoms with E-state index in [0.717, 1.165) is 12.8 Å². The molecule has 15 heavy (non-hydrogen) atoms. The van der Waals surface area contributed by atoms with Crippen LogP contribution in [0.1, 0.15) is 40.0 Å². The zero-order valence-electron chi connectivity index (χ0n) is 10.4. The van der Waals surface area contributed by atoms with E-state index in [1.54, 1.807) is 0 Å². The van der Waals surface area contributed by atoms with Gasteiger partial charge in [0, 0.05) is 12.1 Å². The second kappa shape index (κ2) is 5.50. The van der Waals surface area contributed by atoms with Crippen LogP contribution in [0.3, 0.4) is 0 Å². The molecule has 88 valence electrons. The number of rotatable bonds is 4. The summed E-state index contributed by atoms with van der Waals surface area (Å²) in [4.78, 5) is 14.0. The quantitative estimate of drug-likeness (QED) is 0.768. The Hall–Kier alpha value is -0.570. The summed E-state index contributed by atoms with van der Waals surface area (Å²) in [6, 6.07) is 0.899. The molecule has 1 unspecified atom stereocenters. The van der Waals surface area contributed by atoms with E-state index in [4.69, 9.17) is 0 Å². The minimum absolute atomic E-state index is 0.258. The minimum Gasteiger partial charge on any atom is -0.336 e. The third-order valence-electron chi connectivity index (χ3n) is 3.15. The highest BCUT2D eigenvalue weighted by molar-refractivity contribution is 5.79. The number of nitrogens with one attached hydrogen (secondary N) is 1. The van der Waals surface area contributed by atoms with E-state index in [1.807, 2.05) is 7.05 Å².